The molecule has 0 radical (unpaired) electrons. The Morgan fingerprint density at radius 3 is 3.10 bits per heavy atom. The molecular formula is C6H10N4. The zero-order chi connectivity index (χ0) is 7.40. The van der Waals surface area contributed by atoms with Crippen molar-refractivity contribution in [2.75, 3.05) is 6.54 Å². The highest BCUT2D eigenvalue weighted by Gasteiger charge is 1.90. The second-order valence-electron chi connectivity index (χ2n) is 1.87. The maximum absolute atomic E-state index is 4.01. The van der Waals surface area contributed by atoms with Crippen LogP contribution in [0.2, 0.25) is 0 Å². The summed E-state index contributed by atoms with van der Waals surface area (Å²) in [6.45, 7) is 4.64. The van der Waals surface area contributed by atoms with Crippen molar-refractivity contribution >= 4 is 6.34 Å². The van der Waals surface area contributed by atoms with Gasteiger partial charge in [-0.1, -0.05) is 0 Å². The lowest BCUT2D eigenvalue weighted by atomic mass is 10.7. The van der Waals surface area contributed by atoms with Gasteiger partial charge in [-0.25, -0.2) is 9.67 Å². The van der Waals surface area contributed by atoms with Gasteiger partial charge in [0.2, 0.25) is 0 Å². The molecule has 0 amide bonds. The smallest absolute Gasteiger partial charge is 0.138 e. The molecule has 4 heteroatoms. The first-order valence-electron chi connectivity index (χ1n) is 3.20. The lowest BCUT2D eigenvalue weighted by molar-refractivity contribution is 0.900. The number of nitrogens with zero attached hydrogens (tertiary/aromatic N) is 4. The lowest BCUT2D eigenvalue weighted by Crippen LogP contribution is -2.00. The average molecular weight is 138 g/mol. The molecule has 4 nitrogen and oxygen atoms in total. The molecule has 54 valence electrons. The predicted molar refractivity (Wildman–Crippen MR) is 39.2 cm³/mol. The largest absolute Gasteiger partial charge is 0.274 e. The first-order valence-corrected chi connectivity index (χ1v) is 3.20. The third-order valence-electron chi connectivity index (χ3n) is 1.13. The molecule has 0 aromatic carbocycles. The lowest BCUT2D eigenvalue weighted by Gasteiger charge is -1.89. The molecule has 1 aromatic rings. The van der Waals surface area contributed by atoms with E-state index < -0.39 is 0 Å². The highest BCUT2D eigenvalue weighted by atomic mass is 15.3. The molecule has 0 spiro atoms. The summed E-state index contributed by atoms with van der Waals surface area (Å²) >= 11 is 0. The van der Waals surface area contributed by atoms with Crippen molar-refractivity contribution in [2.24, 2.45) is 4.99 Å². The van der Waals surface area contributed by atoms with Crippen LogP contribution in [0.25, 0.3) is 0 Å². The molecule has 0 bridgehead atoms. The zero-order valence-electron chi connectivity index (χ0n) is 6.15. The van der Waals surface area contributed by atoms with Crippen molar-refractivity contribution in [1.82, 2.24) is 14.8 Å². The SMILES string of the molecule is CC/N=C\n1ncnc1C. The van der Waals surface area contributed by atoms with Crippen molar-refractivity contribution in [3.05, 3.63) is 12.2 Å². The fourth-order valence-electron chi connectivity index (χ4n) is 0.580. The van der Waals surface area contributed by atoms with Gasteiger partial charge >= 0.3 is 0 Å². The van der Waals surface area contributed by atoms with Crippen molar-refractivity contribution < 1.29 is 0 Å². The van der Waals surface area contributed by atoms with Gasteiger partial charge in [-0.15, -0.1) is 0 Å². The van der Waals surface area contributed by atoms with Gasteiger partial charge in [-0.3, -0.25) is 4.99 Å². The minimum absolute atomic E-state index is 0.777. The Kier molecular flexibility index (Phi) is 2.15. The minimum atomic E-state index is 0.777. The van der Waals surface area contributed by atoms with Gasteiger partial charge in [0.15, 0.2) is 0 Å². The second kappa shape index (κ2) is 3.10. The van der Waals surface area contributed by atoms with E-state index in [-0.39, 0.29) is 0 Å². The van der Waals surface area contributed by atoms with Crippen LogP contribution in [0.3, 0.4) is 0 Å². The number of rotatable bonds is 2. The zero-order valence-corrected chi connectivity index (χ0v) is 6.15. The molecule has 0 atom stereocenters. The first kappa shape index (κ1) is 6.92. The van der Waals surface area contributed by atoms with Gasteiger partial charge in [0, 0.05) is 6.54 Å². The van der Waals surface area contributed by atoms with Crippen LogP contribution in [-0.2, 0) is 0 Å². The van der Waals surface area contributed by atoms with E-state index in [9.17, 15) is 0 Å². The Hall–Kier alpha value is -1.19. The van der Waals surface area contributed by atoms with Crippen LogP contribution in [0.1, 0.15) is 12.7 Å². The van der Waals surface area contributed by atoms with E-state index in [2.05, 4.69) is 15.1 Å². The van der Waals surface area contributed by atoms with Gasteiger partial charge in [0.1, 0.15) is 18.5 Å². The van der Waals surface area contributed by atoms with Crippen LogP contribution < -0.4 is 0 Å². The second-order valence-corrected chi connectivity index (χ2v) is 1.87. The Labute approximate surface area is 59.6 Å². The van der Waals surface area contributed by atoms with Gasteiger partial charge in [-0.2, -0.15) is 5.10 Å². The van der Waals surface area contributed by atoms with Gasteiger partial charge in [0.25, 0.3) is 0 Å². The monoisotopic (exact) mass is 138 g/mol. The van der Waals surface area contributed by atoms with Crippen molar-refractivity contribution in [2.45, 2.75) is 13.8 Å². The topological polar surface area (TPSA) is 43.1 Å². The quantitative estimate of drug-likeness (QED) is 0.440. The molecule has 0 saturated carbocycles. The predicted octanol–water partition coefficient (Wildman–Crippen LogP) is 0.483. The third kappa shape index (κ3) is 1.40. The van der Waals surface area contributed by atoms with Crippen LogP contribution in [0.5, 0.6) is 0 Å². The molecule has 10 heavy (non-hydrogen) atoms. The van der Waals surface area contributed by atoms with Gasteiger partial charge < -0.3 is 0 Å². The number of hydrogen-bond donors (Lipinski definition) is 0. The summed E-state index contributed by atoms with van der Waals surface area (Å²) in [4.78, 5) is 7.94. The highest BCUT2D eigenvalue weighted by molar-refractivity contribution is 5.57. The third-order valence-corrected chi connectivity index (χ3v) is 1.13. The van der Waals surface area contributed by atoms with Gasteiger partial charge in [0.05, 0.1) is 0 Å². The van der Waals surface area contributed by atoms with Crippen molar-refractivity contribution in [3.8, 4) is 0 Å². The molecule has 0 aliphatic rings. The number of aryl methyl sites for hydroxylation is 1. The molecule has 0 unspecified atom stereocenters. The average Bonchev–Trinajstić information content (AvgIpc) is 2.31. The summed E-state index contributed by atoms with van der Waals surface area (Å²) < 4.78 is 1.64. The molecule has 0 fully saturated rings. The van der Waals surface area contributed by atoms with E-state index in [1.165, 1.54) is 6.33 Å². The molecule has 0 saturated heterocycles. The summed E-state index contributed by atoms with van der Waals surface area (Å²) in [5, 5.41) is 3.91. The summed E-state index contributed by atoms with van der Waals surface area (Å²) in [7, 11) is 0. The van der Waals surface area contributed by atoms with Crippen LogP contribution in [0.4, 0.5) is 0 Å². The highest BCUT2D eigenvalue weighted by Crippen LogP contribution is 1.84. The van der Waals surface area contributed by atoms with E-state index in [0.29, 0.717) is 0 Å². The van der Waals surface area contributed by atoms with Gasteiger partial charge in [-0.05, 0) is 13.8 Å². The fraction of sp³-hybridized carbons (Fsp3) is 0.500. The van der Waals surface area contributed by atoms with E-state index in [1.54, 1.807) is 11.0 Å². The Morgan fingerprint density at radius 2 is 2.60 bits per heavy atom. The molecular weight excluding hydrogens is 128 g/mol. The van der Waals surface area contributed by atoms with Crippen molar-refractivity contribution in [3.63, 3.8) is 0 Å². The Morgan fingerprint density at radius 1 is 1.80 bits per heavy atom. The van der Waals surface area contributed by atoms with E-state index >= 15 is 0 Å². The van der Waals surface area contributed by atoms with E-state index in [0.717, 1.165) is 12.4 Å². The van der Waals surface area contributed by atoms with Crippen LogP contribution in [-0.4, -0.2) is 27.6 Å². The normalized spacial score (nSPS) is 11.0. The van der Waals surface area contributed by atoms with Crippen LogP contribution in [0, 0.1) is 6.92 Å². The number of aliphatic imine (C=N–C) groups is 1. The fourth-order valence-corrected chi connectivity index (χ4v) is 0.580. The summed E-state index contributed by atoms with van der Waals surface area (Å²) in [5.41, 5.74) is 0. The van der Waals surface area contributed by atoms with Crippen LogP contribution in [0.15, 0.2) is 11.3 Å². The summed E-state index contributed by atoms with van der Waals surface area (Å²) in [6, 6.07) is 0. The van der Waals surface area contributed by atoms with Crippen molar-refractivity contribution in [1.29, 1.82) is 0 Å². The molecule has 0 aliphatic heterocycles. The van der Waals surface area contributed by atoms with E-state index in [4.69, 9.17) is 0 Å². The Balaban J connectivity index is 2.74. The summed E-state index contributed by atoms with van der Waals surface area (Å²) in [6.07, 6.45) is 3.18. The van der Waals surface area contributed by atoms with Crippen LogP contribution >= 0.6 is 0 Å². The minimum Gasteiger partial charge on any atom is -0.274 e. The number of hydrogen-bond acceptors (Lipinski definition) is 3. The standard InChI is InChI=1S/C6H10N4/c1-3-7-5-10-6(2)8-4-9-10/h4-5H,3H2,1-2H3/b7-5-. The summed E-state index contributed by atoms with van der Waals surface area (Å²) in [5.74, 6) is 0.859. The molecule has 0 aliphatic carbocycles. The molecule has 0 N–H and O–H groups in total. The molecule has 1 heterocycles. The Bertz CT molecular complexity index is 225. The number of aromatic nitrogens is 3. The first-order chi connectivity index (χ1) is 4.84. The molecule has 1 rings (SSSR count). The van der Waals surface area contributed by atoms with E-state index in [1.807, 2.05) is 13.8 Å². The molecule has 1 aromatic heterocycles. The maximum Gasteiger partial charge on any atom is 0.138 e. The maximum atomic E-state index is 4.01.